The van der Waals surface area contributed by atoms with Gasteiger partial charge in [0.25, 0.3) is 5.91 Å². The summed E-state index contributed by atoms with van der Waals surface area (Å²) in [6.45, 7) is 13.8. The second kappa shape index (κ2) is 13.5. The Bertz CT molecular complexity index is 1240. The molecular weight excluding hydrogens is 516 g/mol. The molecule has 3 rings (SSSR count). The van der Waals surface area contributed by atoms with E-state index in [9.17, 15) is 13.2 Å². The molecule has 0 saturated carbocycles. The highest BCUT2D eigenvalue weighted by molar-refractivity contribution is 7.89. The maximum Gasteiger partial charge on any atom is 0.260 e. The molecule has 0 bridgehead atoms. The van der Waals surface area contributed by atoms with Gasteiger partial charge in [0.2, 0.25) is 10.0 Å². The Morgan fingerprint density at radius 3 is 2.08 bits per heavy atom. The molecule has 0 aliphatic rings. The van der Waals surface area contributed by atoms with Crippen molar-refractivity contribution in [2.75, 3.05) is 44.2 Å². The summed E-state index contributed by atoms with van der Waals surface area (Å²) in [5.41, 5.74) is 2.55. The molecular formula is C26H37ClN4O3S2. The Morgan fingerprint density at radius 1 is 0.889 bits per heavy atom. The van der Waals surface area contributed by atoms with Crippen LogP contribution in [0.25, 0.3) is 10.2 Å². The van der Waals surface area contributed by atoms with Crippen LogP contribution in [0.5, 0.6) is 0 Å². The minimum absolute atomic E-state index is 0. The maximum absolute atomic E-state index is 13.7. The zero-order valence-electron chi connectivity index (χ0n) is 21.7. The Morgan fingerprint density at radius 2 is 1.53 bits per heavy atom. The lowest BCUT2D eigenvalue weighted by molar-refractivity contribution is 0.0983. The van der Waals surface area contributed by atoms with Crippen molar-refractivity contribution >= 4 is 55.0 Å². The van der Waals surface area contributed by atoms with Crippen LogP contribution in [-0.4, -0.2) is 67.8 Å². The van der Waals surface area contributed by atoms with Gasteiger partial charge in [-0.25, -0.2) is 13.4 Å². The van der Waals surface area contributed by atoms with Gasteiger partial charge in [0.15, 0.2) is 5.13 Å². The zero-order valence-corrected chi connectivity index (χ0v) is 24.2. The lowest BCUT2D eigenvalue weighted by atomic mass is 10.2. The number of fused-ring (bicyclic) bond motifs is 1. The number of hydrogen-bond acceptors (Lipinski definition) is 6. The molecule has 0 aliphatic heterocycles. The fourth-order valence-corrected chi connectivity index (χ4v) is 6.51. The summed E-state index contributed by atoms with van der Waals surface area (Å²) in [4.78, 5) is 22.6. The fourth-order valence-electron chi connectivity index (χ4n) is 4.00. The highest BCUT2D eigenvalue weighted by atomic mass is 35.5. The highest BCUT2D eigenvalue weighted by Crippen LogP contribution is 2.31. The largest absolute Gasteiger partial charge is 0.302 e. The first-order valence-electron chi connectivity index (χ1n) is 12.3. The molecule has 10 heteroatoms. The fraction of sp³-hybridized carbons (Fsp3) is 0.462. The van der Waals surface area contributed by atoms with Gasteiger partial charge in [-0.15, -0.1) is 12.4 Å². The van der Waals surface area contributed by atoms with Crippen LogP contribution < -0.4 is 4.90 Å². The van der Waals surface area contributed by atoms with E-state index in [1.807, 2.05) is 19.9 Å². The van der Waals surface area contributed by atoms with Gasteiger partial charge in [0, 0.05) is 31.7 Å². The van der Waals surface area contributed by atoms with Crippen LogP contribution in [0, 0.1) is 0 Å². The molecule has 0 atom stereocenters. The molecule has 0 N–H and O–H groups in total. The van der Waals surface area contributed by atoms with Gasteiger partial charge < -0.3 is 4.90 Å². The molecule has 1 heterocycles. The SMILES string of the molecule is CCc1ccc2nc(N(CCN(CC)CC)C(=O)c3ccc(S(=O)(=O)N(CC)CC)cc3)sc2c1.Cl. The number of halogens is 1. The molecule has 198 valence electrons. The molecule has 0 saturated heterocycles. The monoisotopic (exact) mass is 552 g/mol. The number of benzene rings is 2. The summed E-state index contributed by atoms with van der Waals surface area (Å²) in [6, 6.07) is 12.5. The van der Waals surface area contributed by atoms with Gasteiger partial charge in [0.1, 0.15) is 0 Å². The second-order valence-corrected chi connectivity index (χ2v) is 11.2. The van der Waals surface area contributed by atoms with Gasteiger partial charge in [-0.2, -0.15) is 4.31 Å². The van der Waals surface area contributed by atoms with Crippen LogP contribution in [-0.2, 0) is 16.4 Å². The Hall–Kier alpha value is -2.04. The number of carbonyl (C=O) groups excluding carboxylic acids is 1. The summed E-state index contributed by atoms with van der Waals surface area (Å²) < 4.78 is 28.2. The number of thiazole rings is 1. The first-order chi connectivity index (χ1) is 16.8. The van der Waals surface area contributed by atoms with Crippen LogP contribution in [0.4, 0.5) is 5.13 Å². The molecule has 0 radical (unpaired) electrons. The van der Waals surface area contributed by atoms with Crippen molar-refractivity contribution in [3.63, 3.8) is 0 Å². The van der Waals surface area contributed by atoms with Crippen LogP contribution in [0.3, 0.4) is 0 Å². The van der Waals surface area contributed by atoms with Crippen LogP contribution in [0.1, 0.15) is 50.5 Å². The molecule has 7 nitrogen and oxygen atoms in total. The average molecular weight is 553 g/mol. The Balaban J connectivity index is 0.00000456. The Kier molecular flexibility index (Phi) is 11.3. The maximum atomic E-state index is 13.7. The number of amides is 1. The van der Waals surface area contributed by atoms with Crippen molar-refractivity contribution in [2.45, 2.75) is 45.9 Å². The molecule has 1 amide bonds. The van der Waals surface area contributed by atoms with Gasteiger partial charge >= 0.3 is 0 Å². The molecule has 3 aromatic rings. The van der Waals surface area contributed by atoms with Crippen molar-refractivity contribution < 1.29 is 13.2 Å². The van der Waals surface area contributed by atoms with Gasteiger partial charge in [-0.3, -0.25) is 9.69 Å². The predicted octanol–water partition coefficient (Wildman–Crippen LogP) is 5.30. The van der Waals surface area contributed by atoms with Gasteiger partial charge in [-0.1, -0.05) is 52.0 Å². The zero-order chi connectivity index (χ0) is 25.6. The molecule has 1 aromatic heterocycles. The first kappa shape index (κ1) is 30.2. The third-order valence-corrected chi connectivity index (χ3v) is 9.41. The van der Waals surface area contributed by atoms with Crippen molar-refractivity contribution in [1.29, 1.82) is 0 Å². The molecule has 36 heavy (non-hydrogen) atoms. The quantitative estimate of drug-likeness (QED) is 0.305. The van der Waals surface area contributed by atoms with Gasteiger partial charge in [0.05, 0.1) is 15.1 Å². The van der Waals surface area contributed by atoms with E-state index >= 15 is 0 Å². The summed E-state index contributed by atoms with van der Waals surface area (Å²) in [6.07, 6.45) is 0.941. The van der Waals surface area contributed by atoms with Crippen LogP contribution in [0.2, 0.25) is 0 Å². The second-order valence-electron chi connectivity index (χ2n) is 8.25. The number of likely N-dealkylation sites (N-methyl/N-ethyl adjacent to an activating group) is 1. The summed E-state index contributed by atoms with van der Waals surface area (Å²) >= 11 is 1.51. The van der Waals surface area contributed by atoms with Crippen LogP contribution in [0.15, 0.2) is 47.4 Å². The van der Waals surface area contributed by atoms with E-state index in [0.29, 0.717) is 30.3 Å². The predicted molar refractivity (Wildman–Crippen MR) is 152 cm³/mol. The van der Waals surface area contributed by atoms with Crippen molar-refractivity contribution in [2.24, 2.45) is 0 Å². The minimum atomic E-state index is -3.58. The summed E-state index contributed by atoms with van der Waals surface area (Å²) in [7, 11) is -3.58. The van der Waals surface area contributed by atoms with Crippen molar-refractivity contribution in [3.05, 3.63) is 53.6 Å². The van der Waals surface area contributed by atoms with E-state index in [4.69, 9.17) is 4.98 Å². The van der Waals surface area contributed by atoms with Crippen molar-refractivity contribution in [1.82, 2.24) is 14.2 Å². The highest BCUT2D eigenvalue weighted by Gasteiger charge is 2.25. The van der Waals surface area contributed by atoms with E-state index in [1.54, 1.807) is 17.0 Å². The molecule has 2 aromatic carbocycles. The van der Waals surface area contributed by atoms with E-state index in [-0.39, 0.29) is 23.2 Å². The first-order valence-corrected chi connectivity index (χ1v) is 14.6. The molecule has 0 aliphatic carbocycles. The number of aryl methyl sites for hydroxylation is 1. The topological polar surface area (TPSA) is 73.8 Å². The average Bonchev–Trinajstić information content (AvgIpc) is 3.30. The van der Waals surface area contributed by atoms with E-state index in [2.05, 4.69) is 37.8 Å². The van der Waals surface area contributed by atoms with Gasteiger partial charge in [-0.05, 0) is 61.5 Å². The molecule has 0 fully saturated rings. The summed E-state index contributed by atoms with van der Waals surface area (Å²) in [5.74, 6) is -0.182. The van der Waals surface area contributed by atoms with Crippen molar-refractivity contribution in [3.8, 4) is 0 Å². The smallest absolute Gasteiger partial charge is 0.260 e. The Labute approximate surface area is 225 Å². The third kappa shape index (κ3) is 6.63. The number of nitrogens with zero attached hydrogens (tertiary/aromatic N) is 4. The normalized spacial score (nSPS) is 11.8. The number of rotatable bonds is 12. The van der Waals surface area contributed by atoms with Crippen LogP contribution >= 0.6 is 23.7 Å². The summed E-state index contributed by atoms with van der Waals surface area (Å²) in [5, 5.41) is 0.658. The number of anilines is 1. The number of sulfonamides is 1. The minimum Gasteiger partial charge on any atom is -0.302 e. The lowest BCUT2D eigenvalue weighted by Crippen LogP contribution is -2.39. The number of carbonyl (C=O) groups is 1. The van der Waals surface area contributed by atoms with E-state index in [1.165, 1.54) is 33.3 Å². The number of aromatic nitrogens is 1. The standard InChI is InChI=1S/C26H36N4O3S2.ClH/c1-6-20-11-16-23-24(19-20)34-26(27-23)30(18-17-28(7-2)8-3)25(31)21-12-14-22(15-13-21)35(32,33)29(9-4)10-5;/h11-16,19H,6-10,17-18H2,1-5H3;1H. The third-order valence-electron chi connectivity index (χ3n) is 6.30. The molecule has 0 unspecified atom stereocenters. The lowest BCUT2D eigenvalue weighted by Gasteiger charge is -2.25. The van der Waals surface area contributed by atoms with E-state index in [0.717, 1.165) is 36.3 Å². The van der Waals surface area contributed by atoms with E-state index < -0.39 is 10.0 Å². The number of hydrogen-bond donors (Lipinski definition) is 0. The molecule has 0 spiro atoms.